The van der Waals surface area contributed by atoms with Gasteiger partial charge in [0.05, 0.1) is 5.75 Å². The molecule has 0 saturated carbocycles. The molecule has 16 heavy (non-hydrogen) atoms. The van der Waals surface area contributed by atoms with Crippen LogP contribution in [0.5, 0.6) is 0 Å². The predicted octanol–water partition coefficient (Wildman–Crippen LogP) is 1.94. The Morgan fingerprint density at radius 3 is 2.31 bits per heavy atom. The van der Waals surface area contributed by atoms with Crippen molar-refractivity contribution in [1.82, 2.24) is 0 Å². The molecule has 0 N–H and O–H groups in total. The third-order valence-electron chi connectivity index (χ3n) is 2.43. The summed E-state index contributed by atoms with van der Waals surface area (Å²) in [5.74, 6) is -0.186. The van der Waals surface area contributed by atoms with Gasteiger partial charge in [-0.05, 0) is 6.42 Å². The van der Waals surface area contributed by atoms with Crippen molar-refractivity contribution in [2.75, 3.05) is 12.0 Å². The SMILES string of the molecule is CC(CCS(C)(=O)=O)C(=O)c1ccccc1. The van der Waals surface area contributed by atoms with Gasteiger partial charge < -0.3 is 0 Å². The first-order chi connectivity index (χ1) is 7.40. The highest BCUT2D eigenvalue weighted by Gasteiger charge is 2.16. The largest absolute Gasteiger partial charge is 0.294 e. The summed E-state index contributed by atoms with van der Waals surface area (Å²) >= 11 is 0. The Labute approximate surface area is 96.4 Å². The second kappa shape index (κ2) is 5.25. The van der Waals surface area contributed by atoms with Crippen molar-refractivity contribution in [3.05, 3.63) is 35.9 Å². The Kier molecular flexibility index (Phi) is 4.24. The number of carbonyl (C=O) groups is 1. The van der Waals surface area contributed by atoms with E-state index >= 15 is 0 Å². The molecular weight excluding hydrogens is 224 g/mol. The minimum absolute atomic E-state index is 0.00394. The second-order valence-electron chi connectivity index (χ2n) is 4.05. The van der Waals surface area contributed by atoms with Crippen LogP contribution in [0.3, 0.4) is 0 Å². The summed E-state index contributed by atoms with van der Waals surface area (Å²) in [5.41, 5.74) is 0.642. The Bertz CT molecular complexity index is 448. The molecular formula is C12H16O3S. The minimum atomic E-state index is -2.99. The zero-order chi connectivity index (χ0) is 12.2. The molecule has 1 rings (SSSR count). The van der Waals surface area contributed by atoms with Crippen LogP contribution in [0.25, 0.3) is 0 Å². The molecule has 4 heteroatoms. The van der Waals surface area contributed by atoms with Crippen LogP contribution in [0.1, 0.15) is 23.7 Å². The van der Waals surface area contributed by atoms with Crippen molar-refractivity contribution < 1.29 is 13.2 Å². The van der Waals surface area contributed by atoms with Crippen molar-refractivity contribution in [1.29, 1.82) is 0 Å². The lowest BCUT2D eigenvalue weighted by molar-refractivity contribution is 0.0928. The lowest BCUT2D eigenvalue weighted by Crippen LogP contribution is -2.15. The first-order valence-electron chi connectivity index (χ1n) is 5.17. The summed E-state index contributed by atoms with van der Waals surface area (Å²) in [7, 11) is -2.99. The summed E-state index contributed by atoms with van der Waals surface area (Å²) < 4.78 is 22.0. The van der Waals surface area contributed by atoms with Gasteiger partial charge in [0.15, 0.2) is 5.78 Å². The molecule has 3 nitrogen and oxygen atoms in total. The Morgan fingerprint density at radius 1 is 1.25 bits per heavy atom. The molecule has 0 amide bonds. The summed E-state index contributed by atoms with van der Waals surface area (Å²) in [6, 6.07) is 8.95. The van der Waals surface area contributed by atoms with Crippen LogP contribution in [0.15, 0.2) is 30.3 Å². The molecule has 0 aromatic heterocycles. The summed E-state index contributed by atoms with van der Waals surface area (Å²) in [6.07, 6.45) is 1.57. The molecule has 0 aliphatic rings. The number of Topliss-reactive ketones (excluding diaryl/α,β-unsaturated/α-hetero) is 1. The molecule has 1 aromatic rings. The van der Waals surface area contributed by atoms with Gasteiger partial charge in [0.25, 0.3) is 0 Å². The smallest absolute Gasteiger partial charge is 0.165 e. The number of sulfone groups is 1. The van der Waals surface area contributed by atoms with Gasteiger partial charge in [-0.2, -0.15) is 0 Å². The molecule has 0 bridgehead atoms. The van der Waals surface area contributed by atoms with E-state index in [4.69, 9.17) is 0 Å². The van der Waals surface area contributed by atoms with Gasteiger partial charge in [0.2, 0.25) is 0 Å². The van der Waals surface area contributed by atoms with E-state index in [0.29, 0.717) is 12.0 Å². The maximum absolute atomic E-state index is 11.9. The molecule has 1 unspecified atom stereocenters. The molecule has 0 aliphatic heterocycles. The monoisotopic (exact) mass is 240 g/mol. The van der Waals surface area contributed by atoms with Crippen LogP contribution < -0.4 is 0 Å². The first-order valence-corrected chi connectivity index (χ1v) is 7.23. The van der Waals surface area contributed by atoms with Crippen LogP contribution in [0, 0.1) is 5.92 Å². The van der Waals surface area contributed by atoms with Crippen LogP contribution >= 0.6 is 0 Å². The number of benzene rings is 1. The van der Waals surface area contributed by atoms with Crippen molar-refractivity contribution >= 4 is 15.6 Å². The quantitative estimate of drug-likeness (QED) is 0.739. The third kappa shape index (κ3) is 4.14. The summed E-state index contributed by atoms with van der Waals surface area (Å²) in [6.45, 7) is 1.76. The Morgan fingerprint density at radius 2 is 1.81 bits per heavy atom. The lowest BCUT2D eigenvalue weighted by atomic mass is 9.97. The van der Waals surface area contributed by atoms with Crippen LogP contribution in [-0.4, -0.2) is 26.2 Å². The fraction of sp³-hybridized carbons (Fsp3) is 0.417. The summed E-state index contributed by atoms with van der Waals surface area (Å²) in [5, 5.41) is 0. The zero-order valence-electron chi connectivity index (χ0n) is 9.51. The molecule has 0 spiro atoms. The predicted molar refractivity (Wildman–Crippen MR) is 64.3 cm³/mol. The number of carbonyl (C=O) groups excluding carboxylic acids is 1. The van der Waals surface area contributed by atoms with Gasteiger partial charge in [-0.3, -0.25) is 4.79 Å². The summed E-state index contributed by atoms with van der Waals surface area (Å²) in [4.78, 5) is 11.9. The van der Waals surface area contributed by atoms with Gasteiger partial charge in [-0.1, -0.05) is 37.3 Å². The van der Waals surface area contributed by atoms with Gasteiger partial charge in [0, 0.05) is 17.7 Å². The van der Waals surface area contributed by atoms with E-state index in [1.54, 1.807) is 31.2 Å². The normalized spacial score (nSPS) is 13.4. The zero-order valence-corrected chi connectivity index (χ0v) is 10.3. The van der Waals surface area contributed by atoms with E-state index in [1.165, 1.54) is 6.26 Å². The average molecular weight is 240 g/mol. The molecule has 0 fully saturated rings. The van der Waals surface area contributed by atoms with Gasteiger partial charge in [-0.15, -0.1) is 0 Å². The molecule has 1 atom stereocenters. The van der Waals surface area contributed by atoms with Crippen LogP contribution in [0.4, 0.5) is 0 Å². The standard InChI is InChI=1S/C12H16O3S/c1-10(8-9-16(2,14)15)12(13)11-6-4-3-5-7-11/h3-7,10H,8-9H2,1-2H3. The van der Waals surface area contributed by atoms with Crippen molar-refractivity contribution in [3.63, 3.8) is 0 Å². The number of hydrogen-bond donors (Lipinski definition) is 0. The average Bonchev–Trinajstić information content (AvgIpc) is 2.25. The lowest BCUT2D eigenvalue weighted by Gasteiger charge is -2.09. The Balaban J connectivity index is 2.62. The van der Waals surface area contributed by atoms with Crippen LogP contribution in [0.2, 0.25) is 0 Å². The first kappa shape index (κ1) is 12.9. The van der Waals surface area contributed by atoms with E-state index in [-0.39, 0.29) is 17.5 Å². The second-order valence-corrected chi connectivity index (χ2v) is 6.31. The van der Waals surface area contributed by atoms with Gasteiger partial charge in [0.1, 0.15) is 9.84 Å². The van der Waals surface area contributed by atoms with Crippen molar-refractivity contribution in [3.8, 4) is 0 Å². The van der Waals surface area contributed by atoms with Crippen molar-refractivity contribution in [2.45, 2.75) is 13.3 Å². The molecule has 0 aliphatic carbocycles. The third-order valence-corrected chi connectivity index (χ3v) is 3.40. The minimum Gasteiger partial charge on any atom is -0.294 e. The maximum atomic E-state index is 11.9. The van der Waals surface area contributed by atoms with E-state index < -0.39 is 9.84 Å². The van der Waals surface area contributed by atoms with Gasteiger partial charge >= 0.3 is 0 Å². The van der Waals surface area contributed by atoms with E-state index in [1.807, 2.05) is 6.07 Å². The number of hydrogen-bond acceptors (Lipinski definition) is 3. The number of rotatable bonds is 5. The van der Waals surface area contributed by atoms with Crippen molar-refractivity contribution in [2.24, 2.45) is 5.92 Å². The highest BCUT2D eigenvalue weighted by atomic mass is 32.2. The highest BCUT2D eigenvalue weighted by molar-refractivity contribution is 7.90. The van der Waals surface area contributed by atoms with Crippen LogP contribution in [-0.2, 0) is 9.84 Å². The highest BCUT2D eigenvalue weighted by Crippen LogP contribution is 2.12. The molecule has 88 valence electrons. The molecule has 0 saturated heterocycles. The maximum Gasteiger partial charge on any atom is 0.165 e. The van der Waals surface area contributed by atoms with E-state index in [2.05, 4.69) is 0 Å². The number of ketones is 1. The molecule has 1 aromatic carbocycles. The molecule has 0 heterocycles. The Hall–Kier alpha value is -1.16. The van der Waals surface area contributed by atoms with Gasteiger partial charge in [-0.25, -0.2) is 8.42 Å². The molecule has 0 radical (unpaired) electrons. The fourth-order valence-electron chi connectivity index (χ4n) is 1.41. The van der Waals surface area contributed by atoms with E-state index in [0.717, 1.165) is 0 Å². The fourth-order valence-corrected chi connectivity index (χ4v) is 2.19. The topological polar surface area (TPSA) is 51.2 Å². The van der Waals surface area contributed by atoms with E-state index in [9.17, 15) is 13.2 Å².